The quantitative estimate of drug-likeness (QED) is 0.0967. The molecule has 2 aromatic rings. The second kappa shape index (κ2) is 17.4. The molecule has 0 aromatic heterocycles. The molecule has 0 aliphatic heterocycles. The first-order valence-electron chi connectivity index (χ1n) is 16.9. The zero-order chi connectivity index (χ0) is 33.0. The Labute approximate surface area is 272 Å². The van der Waals surface area contributed by atoms with Gasteiger partial charge < -0.3 is 19.1 Å². The summed E-state index contributed by atoms with van der Waals surface area (Å²) in [5, 5.41) is 18.9. The van der Waals surface area contributed by atoms with Crippen molar-refractivity contribution >= 4 is 16.6 Å². The molecular weight excluding hydrogens is 577 g/mol. The molecule has 0 spiro atoms. The maximum absolute atomic E-state index is 9.30. The third-order valence-electron chi connectivity index (χ3n) is 9.83. The van der Waals surface area contributed by atoms with Crippen molar-refractivity contribution in [2.75, 3.05) is 13.2 Å². The molecule has 0 radical (unpaired) electrons. The van der Waals surface area contributed by atoms with Crippen LogP contribution in [-0.4, -0.2) is 40.1 Å². The van der Waals surface area contributed by atoms with Crippen LogP contribution < -0.4 is 0 Å². The Bertz CT molecular complexity index is 1020. The Kier molecular flexibility index (Phi) is 15.3. The molecule has 0 bridgehead atoms. The number of hydrogen-bond acceptors (Lipinski definition) is 4. The first-order valence-corrected chi connectivity index (χ1v) is 22.7. The van der Waals surface area contributed by atoms with E-state index < -0.39 is 16.6 Å². The van der Waals surface area contributed by atoms with E-state index in [1.54, 1.807) is 0 Å². The molecule has 4 nitrogen and oxygen atoms in total. The van der Waals surface area contributed by atoms with Crippen molar-refractivity contribution < 1.29 is 19.1 Å². The van der Waals surface area contributed by atoms with Crippen LogP contribution in [0.15, 0.2) is 60.7 Å². The van der Waals surface area contributed by atoms with E-state index in [1.165, 1.54) is 22.3 Å². The molecule has 0 fully saturated rings. The van der Waals surface area contributed by atoms with E-state index in [2.05, 4.69) is 128 Å². The van der Waals surface area contributed by atoms with Gasteiger partial charge in [0.1, 0.15) is 0 Å². The fraction of sp³-hybridized carbons (Fsp3) is 0.632. The van der Waals surface area contributed by atoms with Crippen LogP contribution in [0.3, 0.4) is 0 Å². The minimum absolute atomic E-state index is 0.101. The zero-order valence-corrected chi connectivity index (χ0v) is 31.7. The first-order chi connectivity index (χ1) is 20.5. The highest BCUT2D eigenvalue weighted by Crippen LogP contribution is 2.42. The van der Waals surface area contributed by atoms with E-state index >= 15 is 0 Å². The Hall–Kier alpha value is -1.55. The van der Waals surface area contributed by atoms with E-state index in [-0.39, 0.29) is 35.5 Å². The SMILES string of the molecule is CC(C)(C)[Si](C)(C)OC(CCC/C=C/CCCC(O[Si](C)(C)C(C)(C)C)c1ccc(CCO)cc1)c1ccc(CCO)cc1. The molecule has 0 aliphatic rings. The van der Waals surface area contributed by atoms with E-state index in [0.717, 1.165) is 38.5 Å². The maximum Gasteiger partial charge on any atom is 0.192 e. The molecule has 2 atom stereocenters. The molecule has 0 heterocycles. The van der Waals surface area contributed by atoms with Crippen molar-refractivity contribution in [3.63, 3.8) is 0 Å². The van der Waals surface area contributed by atoms with Gasteiger partial charge in [-0.3, -0.25) is 0 Å². The lowest BCUT2D eigenvalue weighted by atomic mass is 10.0. The molecule has 6 heteroatoms. The van der Waals surface area contributed by atoms with Crippen LogP contribution in [0.4, 0.5) is 0 Å². The summed E-state index contributed by atoms with van der Waals surface area (Å²) in [6.45, 7) is 23.5. The second-order valence-corrected chi connectivity index (χ2v) is 25.0. The van der Waals surface area contributed by atoms with Crippen molar-refractivity contribution in [3.05, 3.63) is 82.9 Å². The maximum atomic E-state index is 9.30. The molecule has 2 unspecified atom stereocenters. The number of rotatable bonds is 18. The minimum Gasteiger partial charge on any atom is -0.410 e. The number of unbranched alkanes of at least 4 members (excludes halogenated alkanes) is 2. The van der Waals surface area contributed by atoms with E-state index in [4.69, 9.17) is 8.85 Å². The summed E-state index contributed by atoms with van der Waals surface area (Å²) in [5.74, 6) is 0. The zero-order valence-electron chi connectivity index (χ0n) is 29.7. The average Bonchev–Trinajstić information content (AvgIpc) is 2.93. The molecule has 0 amide bonds. The van der Waals surface area contributed by atoms with Gasteiger partial charge in [0.25, 0.3) is 0 Å². The van der Waals surface area contributed by atoms with Gasteiger partial charge in [0.15, 0.2) is 16.6 Å². The van der Waals surface area contributed by atoms with Gasteiger partial charge >= 0.3 is 0 Å². The second-order valence-electron chi connectivity index (χ2n) is 15.5. The van der Waals surface area contributed by atoms with Gasteiger partial charge in [0.2, 0.25) is 0 Å². The highest BCUT2D eigenvalue weighted by molar-refractivity contribution is 6.74. The summed E-state index contributed by atoms with van der Waals surface area (Å²) < 4.78 is 13.9. The van der Waals surface area contributed by atoms with Crippen LogP contribution in [0.2, 0.25) is 36.3 Å². The topological polar surface area (TPSA) is 58.9 Å². The monoisotopic (exact) mass is 640 g/mol. The van der Waals surface area contributed by atoms with Gasteiger partial charge in [0.05, 0.1) is 12.2 Å². The number of allylic oxidation sites excluding steroid dienone is 2. The van der Waals surface area contributed by atoms with Gasteiger partial charge in [-0.1, -0.05) is 102 Å². The number of hydrogen-bond donors (Lipinski definition) is 2. The predicted molar refractivity (Wildman–Crippen MR) is 193 cm³/mol. The van der Waals surface area contributed by atoms with Crippen molar-refractivity contribution in [3.8, 4) is 0 Å². The van der Waals surface area contributed by atoms with Crippen molar-refractivity contribution in [2.24, 2.45) is 0 Å². The summed E-state index contributed by atoms with van der Waals surface area (Å²) in [6, 6.07) is 17.3. The summed E-state index contributed by atoms with van der Waals surface area (Å²) in [5.41, 5.74) is 4.83. The Morgan fingerprint density at radius 1 is 0.591 bits per heavy atom. The van der Waals surface area contributed by atoms with E-state index in [0.29, 0.717) is 12.8 Å². The predicted octanol–water partition coefficient (Wildman–Crippen LogP) is 10.5. The molecule has 2 rings (SSSR count). The van der Waals surface area contributed by atoms with E-state index in [1.807, 2.05) is 0 Å². The molecule has 2 N–H and O–H groups in total. The van der Waals surface area contributed by atoms with Crippen LogP contribution in [0, 0.1) is 0 Å². The van der Waals surface area contributed by atoms with Crippen molar-refractivity contribution in [1.29, 1.82) is 0 Å². The van der Waals surface area contributed by atoms with Crippen LogP contribution in [0.5, 0.6) is 0 Å². The third-order valence-corrected chi connectivity index (χ3v) is 18.8. The molecule has 0 aliphatic carbocycles. The number of benzene rings is 2. The Morgan fingerprint density at radius 3 is 1.18 bits per heavy atom. The minimum atomic E-state index is -1.92. The lowest BCUT2D eigenvalue weighted by Gasteiger charge is -2.39. The van der Waals surface area contributed by atoms with Crippen LogP contribution in [-0.2, 0) is 21.7 Å². The molecule has 2 aromatic carbocycles. The molecule has 0 saturated heterocycles. The highest BCUT2D eigenvalue weighted by atomic mass is 28.4. The Balaban J connectivity index is 1.97. The highest BCUT2D eigenvalue weighted by Gasteiger charge is 2.40. The smallest absolute Gasteiger partial charge is 0.192 e. The summed E-state index contributed by atoms with van der Waals surface area (Å²) in [7, 11) is -3.84. The molecular formula is C38H64O4Si2. The fourth-order valence-corrected chi connectivity index (χ4v) is 7.42. The molecule has 44 heavy (non-hydrogen) atoms. The van der Waals surface area contributed by atoms with Gasteiger partial charge in [-0.2, -0.15) is 0 Å². The van der Waals surface area contributed by atoms with Crippen LogP contribution in [0.25, 0.3) is 0 Å². The summed E-state index contributed by atoms with van der Waals surface area (Å²) in [6.07, 6.45) is 12.6. The number of aliphatic hydroxyl groups is 2. The third kappa shape index (κ3) is 12.3. The largest absolute Gasteiger partial charge is 0.410 e. The van der Waals surface area contributed by atoms with Crippen molar-refractivity contribution in [2.45, 2.75) is 141 Å². The normalized spacial score (nSPS) is 14.7. The van der Waals surface area contributed by atoms with Crippen LogP contribution in [0.1, 0.15) is 115 Å². The summed E-state index contributed by atoms with van der Waals surface area (Å²) in [4.78, 5) is 0. The lowest BCUT2D eigenvalue weighted by molar-refractivity contribution is 0.170. The molecule has 248 valence electrons. The van der Waals surface area contributed by atoms with Crippen LogP contribution >= 0.6 is 0 Å². The Morgan fingerprint density at radius 2 is 0.909 bits per heavy atom. The van der Waals surface area contributed by atoms with Gasteiger partial charge in [-0.25, -0.2) is 0 Å². The standard InChI is InChI=1S/C38H64O4Si2/c1-37(2,3)43(7,8)41-35(33-23-19-31(20-24-33)27-29-39)17-15-13-11-12-14-16-18-36(42-44(9,10)38(4,5)6)34-25-21-32(22-26-34)28-30-40/h11-12,19-26,35-36,39-40H,13-18,27-30H2,1-10H3/b12-11+. The lowest BCUT2D eigenvalue weighted by Crippen LogP contribution is -2.41. The summed E-state index contributed by atoms with van der Waals surface area (Å²) >= 11 is 0. The van der Waals surface area contributed by atoms with Crippen molar-refractivity contribution in [1.82, 2.24) is 0 Å². The first kappa shape index (κ1) is 38.6. The number of aliphatic hydroxyl groups excluding tert-OH is 2. The van der Waals surface area contributed by atoms with Gasteiger partial charge in [-0.15, -0.1) is 0 Å². The van der Waals surface area contributed by atoms with Gasteiger partial charge in [-0.05, 0) is 110 Å². The van der Waals surface area contributed by atoms with E-state index in [9.17, 15) is 10.2 Å². The molecule has 0 saturated carbocycles. The average molecular weight is 641 g/mol. The van der Waals surface area contributed by atoms with Gasteiger partial charge in [0, 0.05) is 13.2 Å². The fourth-order valence-electron chi connectivity index (χ4n) is 4.79.